The van der Waals surface area contributed by atoms with Crippen molar-refractivity contribution in [3.8, 4) is 0 Å². The smallest absolute Gasteiger partial charge is 0.251 e. The highest BCUT2D eigenvalue weighted by Crippen LogP contribution is 2.19. The number of carbonyl (C=O) groups is 1. The maximum atomic E-state index is 12.1. The number of anilines is 2. The molecule has 1 aromatic carbocycles. The summed E-state index contributed by atoms with van der Waals surface area (Å²) in [6.07, 6.45) is 2.53. The fourth-order valence-corrected chi connectivity index (χ4v) is 2.24. The first-order valence-corrected chi connectivity index (χ1v) is 7.84. The minimum absolute atomic E-state index is 0.0969. The van der Waals surface area contributed by atoms with Crippen LogP contribution in [-0.2, 0) is 0 Å². The van der Waals surface area contributed by atoms with Crippen LogP contribution in [-0.4, -0.2) is 43.0 Å². The summed E-state index contributed by atoms with van der Waals surface area (Å²) in [6.45, 7) is 1.59. The highest BCUT2D eigenvalue weighted by molar-refractivity contribution is 6.30. The van der Waals surface area contributed by atoms with Gasteiger partial charge in [-0.25, -0.2) is 4.98 Å². The lowest BCUT2D eigenvalue weighted by molar-refractivity contribution is 0.0952. The average Bonchev–Trinajstić information content (AvgIpc) is 2.51. The van der Waals surface area contributed by atoms with Gasteiger partial charge in [0.2, 0.25) is 0 Å². The number of carbonyl (C=O) groups excluding carboxylic acids is 1. The predicted octanol–water partition coefficient (Wildman–Crippen LogP) is 3.16. The van der Waals surface area contributed by atoms with E-state index in [2.05, 4.69) is 20.5 Å². The van der Waals surface area contributed by atoms with E-state index in [0.29, 0.717) is 22.9 Å². The number of rotatable bonds is 7. The van der Waals surface area contributed by atoms with Gasteiger partial charge in [0.05, 0.1) is 0 Å². The maximum Gasteiger partial charge on any atom is 0.251 e. The molecule has 23 heavy (non-hydrogen) atoms. The molecule has 0 spiro atoms. The number of hydrogen-bond donors (Lipinski definition) is 2. The van der Waals surface area contributed by atoms with E-state index in [-0.39, 0.29) is 5.91 Å². The number of nitrogens with one attached hydrogen (secondary N) is 2. The van der Waals surface area contributed by atoms with Crippen molar-refractivity contribution in [1.29, 1.82) is 0 Å². The molecule has 0 aliphatic rings. The Morgan fingerprint density at radius 2 is 2.09 bits per heavy atom. The Labute approximate surface area is 141 Å². The van der Waals surface area contributed by atoms with Crippen LogP contribution in [0.2, 0.25) is 5.02 Å². The minimum Gasteiger partial charge on any atom is -0.352 e. The van der Waals surface area contributed by atoms with E-state index in [9.17, 15) is 4.79 Å². The van der Waals surface area contributed by atoms with Crippen LogP contribution in [0.25, 0.3) is 0 Å². The van der Waals surface area contributed by atoms with Gasteiger partial charge in [-0.15, -0.1) is 0 Å². The molecule has 0 aliphatic heterocycles. The number of halogens is 1. The van der Waals surface area contributed by atoms with Gasteiger partial charge in [-0.05, 0) is 57.4 Å². The Morgan fingerprint density at radius 3 is 2.83 bits per heavy atom. The number of amides is 1. The zero-order chi connectivity index (χ0) is 16.7. The normalized spacial score (nSPS) is 10.6. The van der Waals surface area contributed by atoms with Crippen LogP contribution in [0, 0.1) is 0 Å². The summed E-state index contributed by atoms with van der Waals surface area (Å²) < 4.78 is 0. The van der Waals surface area contributed by atoms with Gasteiger partial charge < -0.3 is 15.5 Å². The Balaban J connectivity index is 1.95. The van der Waals surface area contributed by atoms with E-state index in [1.54, 1.807) is 30.5 Å². The zero-order valence-corrected chi connectivity index (χ0v) is 14.1. The molecule has 0 unspecified atom stereocenters. The van der Waals surface area contributed by atoms with E-state index < -0.39 is 0 Å². The Kier molecular flexibility index (Phi) is 6.38. The van der Waals surface area contributed by atoms with Gasteiger partial charge in [-0.1, -0.05) is 17.7 Å². The first-order valence-electron chi connectivity index (χ1n) is 7.46. The lowest BCUT2D eigenvalue weighted by Gasteiger charge is -2.10. The molecule has 1 heterocycles. The van der Waals surface area contributed by atoms with E-state index in [0.717, 1.165) is 18.7 Å². The second-order valence-corrected chi connectivity index (χ2v) is 5.91. The van der Waals surface area contributed by atoms with Crippen molar-refractivity contribution in [2.75, 3.05) is 32.5 Å². The molecular weight excluding hydrogens is 312 g/mol. The van der Waals surface area contributed by atoms with Gasteiger partial charge in [0.25, 0.3) is 5.91 Å². The van der Waals surface area contributed by atoms with Crippen molar-refractivity contribution in [1.82, 2.24) is 15.2 Å². The standard InChI is InChI=1S/C17H21ClN4O/c1-22(2)10-4-8-20-17(23)13-7-9-19-16(11-13)21-15-6-3-5-14(18)12-15/h3,5-7,9,11-12H,4,8,10H2,1-2H3,(H,19,21)(H,20,23). The molecule has 2 aromatic rings. The minimum atomic E-state index is -0.0969. The highest BCUT2D eigenvalue weighted by Gasteiger charge is 2.07. The van der Waals surface area contributed by atoms with Gasteiger partial charge >= 0.3 is 0 Å². The molecule has 2 N–H and O–H groups in total. The summed E-state index contributed by atoms with van der Waals surface area (Å²) in [4.78, 5) is 18.5. The molecule has 0 fully saturated rings. The van der Waals surface area contributed by atoms with Gasteiger partial charge in [-0.2, -0.15) is 0 Å². The first kappa shape index (κ1) is 17.2. The van der Waals surface area contributed by atoms with Gasteiger partial charge in [-0.3, -0.25) is 4.79 Å². The van der Waals surface area contributed by atoms with Crippen molar-refractivity contribution in [3.05, 3.63) is 53.2 Å². The molecule has 0 radical (unpaired) electrons. The number of hydrogen-bond acceptors (Lipinski definition) is 4. The van der Waals surface area contributed by atoms with E-state index in [1.165, 1.54) is 0 Å². The summed E-state index contributed by atoms with van der Waals surface area (Å²) in [7, 11) is 4.02. The lowest BCUT2D eigenvalue weighted by atomic mass is 10.2. The summed E-state index contributed by atoms with van der Waals surface area (Å²) in [5.41, 5.74) is 1.41. The molecule has 122 valence electrons. The lowest BCUT2D eigenvalue weighted by Crippen LogP contribution is -2.27. The molecule has 1 amide bonds. The van der Waals surface area contributed by atoms with Crippen molar-refractivity contribution >= 4 is 29.0 Å². The topological polar surface area (TPSA) is 57.3 Å². The van der Waals surface area contributed by atoms with Crippen molar-refractivity contribution in [2.45, 2.75) is 6.42 Å². The summed E-state index contributed by atoms with van der Waals surface area (Å²) in [5.74, 6) is 0.508. The molecule has 5 nitrogen and oxygen atoms in total. The maximum absolute atomic E-state index is 12.1. The molecule has 6 heteroatoms. The Bertz CT molecular complexity index is 661. The third kappa shape index (κ3) is 5.88. The predicted molar refractivity (Wildman–Crippen MR) is 94.5 cm³/mol. The van der Waals surface area contributed by atoms with Gasteiger partial charge in [0.1, 0.15) is 5.82 Å². The van der Waals surface area contributed by atoms with E-state index >= 15 is 0 Å². The third-order valence-corrected chi connectivity index (χ3v) is 3.42. The quantitative estimate of drug-likeness (QED) is 0.765. The van der Waals surface area contributed by atoms with Crippen LogP contribution >= 0.6 is 11.6 Å². The molecule has 0 saturated heterocycles. The van der Waals surface area contributed by atoms with Crippen LogP contribution in [0.3, 0.4) is 0 Å². The fourth-order valence-electron chi connectivity index (χ4n) is 2.05. The molecule has 0 atom stereocenters. The van der Waals surface area contributed by atoms with Gasteiger partial charge in [0, 0.05) is 29.0 Å². The third-order valence-electron chi connectivity index (χ3n) is 3.19. The number of aromatic nitrogens is 1. The zero-order valence-electron chi connectivity index (χ0n) is 13.3. The molecular formula is C17H21ClN4O. The monoisotopic (exact) mass is 332 g/mol. The SMILES string of the molecule is CN(C)CCCNC(=O)c1ccnc(Nc2cccc(Cl)c2)c1. The van der Waals surface area contributed by atoms with Crippen molar-refractivity contribution in [2.24, 2.45) is 0 Å². The average molecular weight is 333 g/mol. The van der Waals surface area contributed by atoms with Crippen LogP contribution in [0.15, 0.2) is 42.6 Å². The van der Waals surface area contributed by atoms with Gasteiger partial charge in [0.15, 0.2) is 0 Å². The number of nitrogens with zero attached hydrogens (tertiary/aromatic N) is 2. The van der Waals surface area contributed by atoms with Crippen LogP contribution in [0.4, 0.5) is 11.5 Å². The van der Waals surface area contributed by atoms with E-state index in [1.807, 2.05) is 26.2 Å². The second-order valence-electron chi connectivity index (χ2n) is 5.48. The summed E-state index contributed by atoms with van der Waals surface area (Å²) >= 11 is 5.96. The molecule has 1 aromatic heterocycles. The van der Waals surface area contributed by atoms with Crippen molar-refractivity contribution in [3.63, 3.8) is 0 Å². The first-order chi connectivity index (χ1) is 11.0. The molecule has 0 saturated carbocycles. The summed E-state index contributed by atoms with van der Waals surface area (Å²) in [5, 5.41) is 6.70. The molecule has 0 bridgehead atoms. The number of pyridine rings is 1. The van der Waals surface area contributed by atoms with E-state index in [4.69, 9.17) is 11.6 Å². The molecule has 0 aliphatic carbocycles. The van der Waals surface area contributed by atoms with Crippen LogP contribution in [0.5, 0.6) is 0 Å². The van der Waals surface area contributed by atoms with Crippen molar-refractivity contribution < 1.29 is 4.79 Å². The molecule has 2 rings (SSSR count). The highest BCUT2D eigenvalue weighted by atomic mass is 35.5. The Morgan fingerprint density at radius 1 is 1.26 bits per heavy atom. The Hall–Kier alpha value is -2.11. The largest absolute Gasteiger partial charge is 0.352 e. The summed E-state index contributed by atoms with van der Waals surface area (Å²) in [6, 6.07) is 10.8. The van der Waals surface area contributed by atoms with Crippen LogP contribution in [0.1, 0.15) is 16.8 Å². The number of benzene rings is 1. The fraction of sp³-hybridized carbons (Fsp3) is 0.294. The van der Waals surface area contributed by atoms with Crippen LogP contribution < -0.4 is 10.6 Å². The second kappa shape index (κ2) is 8.50.